The van der Waals surface area contributed by atoms with E-state index in [4.69, 9.17) is 5.73 Å². The molecule has 0 unspecified atom stereocenters. The van der Waals surface area contributed by atoms with Crippen molar-refractivity contribution in [1.82, 2.24) is 9.80 Å². The molecule has 1 amide bonds. The number of hydrogen-bond donors (Lipinski definition) is 1. The van der Waals surface area contributed by atoms with Crippen LogP contribution in [0.3, 0.4) is 0 Å². The minimum atomic E-state index is 0.116. The lowest BCUT2D eigenvalue weighted by Crippen LogP contribution is -2.44. The van der Waals surface area contributed by atoms with E-state index < -0.39 is 0 Å². The van der Waals surface area contributed by atoms with Crippen LogP contribution in [-0.4, -0.2) is 55.5 Å². The predicted molar refractivity (Wildman–Crippen MR) is 85.0 cm³/mol. The number of rotatable bonds is 2. The van der Waals surface area contributed by atoms with E-state index in [-0.39, 0.29) is 5.91 Å². The number of benzene rings is 1. The molecule has 0 radical (unpaired) electrons. The van der Waals surface area contributed by atoms with E-state index in [2.05, 4.69) is 30.8 Å². The fourth-order valence-electron chi connectivity index (χ4n) is 2.62. The molecule has 0 saturated carbocycles. The fourth-order valence-corrected chi connectivity index (χ4v) is 2.62. The Kier molecular flexibility index (Phi) is 5.38. The lowest BCUT2D eigenvalue weighted by molar-refractivity contribution is 0.0663. The Morgan fingerprint density at radius 1 is 1.29 bits per heavy atom. The van der Waals surface area contributed by atoms with E-state index in [1.807, 2.05) is 29.2 Å². The highest BCUT2D eigenvalue weighted by molar-refractivity contribution is 5.94. The summed E-state index contributed by atoms with van der Waals surface area (Å²) in [5, 5.41) is 0. The topological polar surface area (TPSA) is 49.6 Å². The average Bonchev–Trinajstić information content (AvgIpc) is 2.53. The first-order valence-corrected chi connectivity index (χ1v) is 7.36. The molecule has 1 saturated heterocycles. The van der Waals surface area contributed by atoms with Crippen molar-refractivity contribution in [2.24, 2.45) is 5.73 Å². The summed E-state index contributed by atoms with van der Waals surface area (Å²) in [5.74, 6) is 5.89. The van der Waals surface area contributed by atoms with Gasteiger partial charge in [-0.15, -0.1) is 0 Å². The minimum absolute atomic E-state index is 0.116. The van der Waals surface area contributed by atoms with Crippen LogP contribution in [0.2, 0.25) is 0 Å². The summed E-state index contributed by atoms with van der Waals surface area (Å²) in [4.78, 5) is 16.6. The summed E-state index contributed by atoms with van der Waals surface area (Å²) in [6.45, 7) is 2.01. The third kappa shape index (κ3) is 4.07. The summed E-state index contributed by atoms with van der Waals surface area (Å²) in [6, 6.07) is 8.04. The van der Waals surface area contributed by atoms with Crippen LogP contribution in [0, 0.1) is 11.8 Å². The predicted octanol–water partition coefficient (Wildman–Crippen LogP) is 1.16. The van der Waals surface area contributed by atoms with Gasteiger partial charge in [-0.25, -0.2) is 0 Å². The SMILES string of the molecule is CN(C)C1CCN(C(=O)c2ccc(C#CCN)cc2)CC1. The zero-order valence-electron chi connectivity index (χ0n) is 12.8. The second kappa shape index (κ2) is 7.26. The smallest absolute Gasteiger partial charge is 0.253 e. The van der Waals surface area contributed by atoms with Gasteiger partial charge in [-0.1, -0.05) is 11.8 Å². The van der Waals surface area contributed by atoms with Crippen LogP contribution in [0.15, 0.2) is 24.3 Å². The van der Waals surface area contributed by atoms with Crippen LogP contribution in [0.1, 0.15) is 28.8 Å². The highest BCUT2D eigenvalue weighted by Gasteiger charge is 2.24. The van der Waals surface area contributed by atoms with Crippen LogP contribution >= 0.6 is 0 Å². The van der Waals surface area contributed by atoms with Gasteiger partial charge in [0.25, 0.3) is 5.91 Å². The summed E-state index contributed by atoms with van der Waals surface area (Å²) < 4.78 is 0. The highest BCUT2D eigenvalue weighted by atomic mass is 16.2. The van der Waals surface area contributed by atoms with Crippen LogP contribution < -0.4 is 5.73 Å². The van der Waals surface area contributed by atoms with Crippen molar-refractivity contribution in [1.29, 1.82) is 0 Å². The first-order valence-electron chi connectivity index (χ1n) is 7.36. The van der Waals surface area contributed by atoms with Crippen molar-refractivity contribution in [2.45, 2.75) is 18.9 Å². The second-order valence-electron chi connectivity index (χ2n) is 5.57. The summed E-state index contributed by atoms with van der Waals surface area (Å²) in [6.07, 6.45) is 2.08. The Morgan fingerprint density at radius 3 is 2.43 bits per heavy atom. The number of amides is 1. The largest absolute Gasteiger partial charge is 0.339 e. The van der Waals surface area contributed by atoms with Crippen molar-refractivity contribution < 1.29 is 4.79 Å². The average molecular weight is 285 g/mol. The normalized spacial score (nSPS) is 15.7. The molecule has 0 spiro atoms. The standard InChI is InChI=1S/C17H23N3O/c1-19(2)16-9-12-20(13-10-16)17(21)15-7-5-14(6-8-15)4-3-11-18/h5-8,16H,9-13,18H2,1-2H3. The van der Waals surface area contributed by atoms with Crippen LogP contribution in [-0.2, 0) is 0 Å². The quantitative estimate of drug-likeness (QED) is 0.830. The van der Waals surface area contributed by atoms with Gasteiger partial charge in [0.15, 0.2) is 0 Å². The molecule has 1 aliphatic rings. The van der Waals surface area contributed by atoms with Crippen molar-refractivity contribution in [2.75, 3.05) is 33.7 Å². The number of nitrogens with two attached hydrogens (primary N) is 1. The fraction of sp³-hybridized carbons (Fsp3) is 0.471. The molecule has 0 aliphatic carbocycles. The number of carbonyl (C=O) groups is 1. The Labute approximate surface area is 126 Å². The maximum Gasteiger partial charge on any atom is 0.253 e. The molecule has 2 rings (SSSR count). The van der Waals surface area contributed by atoms with Gasteiger partial charge in [-0.05, 0) is 51.2 Å². The van der Waals surface area contributed by atoms with Gasteiger partial charge < -0.3 is 15.5 Å². The van der Waals surface area contributed by atoms with Crippen LogP contribution in [0.25, 0.3) is 0 Å². The van der Waals surface area contributed by atoms with E-state index >= 15 is 0 Å². The van der Waals surface area contributed by atoms with Crippen molar-refractivity contribution in [3.05, 3.63) is 35.4 Å². The minimum Gasteiger partial charge on any atom is -0.339 e. The van der Waals surface area contributed by atoms with Gasteiger partial charge in [-0.3, -0.25) is 4.79 Å². The van der Waals surface area contributed by atoms with Gasteiger partial charge >= 0.3 is 0 Å². The molecule has 1 aromatic carbocycles. The molecule has 0 atom stereocenters. The molecular formula is C17H23N3O. The van der Waals surface area contributed by atoms with Gasteiger partial charge in [0.1, 0.15) is 0 Å². The van der Waals surface area contributed by atoms with Crippen LogP contribution in [0.5, 0.6) is 0 Å². The van der Waals surface area contributed by atoms with E-state index in [1.54, 1.807) is 0 Å². The maximum atomic E-state index is 12.5. The molecule has 1 fully saturated rings. The van der Waals surface area contributed by atoms with Gasteiger partial charge in [0.05, 0.1) is 6.54 Å². The van der Waals surface area contributed by atoms with Gasteiger partial charge in [0, 0.05) is 30.3 Å². The molecule has 21 heavy (non-hydrogen) atoms. The summed E-state index contributed by atoms with van der Waals surface area (Å²) in [7, 11) is 4.20. The number of hydrogen-bond acceptors (Lipinski definition) is 3. The molecular weight excluding hydrogens is 262 g/mol. The molecule has 0 aromatic heterocycles. The Bertz CT molecular complexity index is 531. The van der Waals surface area contributed by atoms with E-state index in [1.165, 1.54) is 0 Å². The number of likely N-dealkylation sites (tertiary alicyclic amines) is 1. The zero-order valence-corrected chi connectivity index (χ0v) is 12.8. The van der Waals surface area contributed by atoms with E-state index in [0.29, 0.717) is 12.6 Å². The molecule has 1 heterocycles. The Balaban J connectivity index is 1.97. The maximum absolute atomic E-state index is 12.5. The molecule has 2 N–H and O–H groups in total. The number of nitrogens with zero attached hydrogens (tertiary/aromatic N) is 2. The van der Waals surface area contributed by atoms with Gasteiger partial charge in [-0.2, -0.15) is 0 Å². The monoisotopic (exact) mass is 285 g/mol. The van der Waals surface area contributed by atoms with Crippen molar-refractivity contribution in [3.63, 3.8) is 0 Å². The zero-order chi connectivity index (χ0) is 15.2. The molecule has 4 heteroatoms. The van der Waals surface area contributed by atoms with Crippen molar-refractivity contribution in [3.8, 4) is 11.8 Å². The number of carbonyl (C=O) groups excluding carboxylic acids is 1. The van der Waals surface area contributed by atoms with Crippen LogP contribution in [0.4, 0.5) is 0 Å². The van der Waals surface area contributed by atoms with E-state index in [0.717, 1.165) is 37.1 Å². The Hall–Kier alpha value is -1.83. The summed E-state index contributed by atoms with van der Waals surface area (Å²) >= 11 is 0. The molecule has 0 bridgehead atoms. The Morgan fingerprint density at radius 2 is 1.90 bits per heavy atom. The molecule has 1 aliphatic heterocycles. The molecule has 112 valence electrons. The molecule has 1 aromatic rings. The van der Waals surface area contributed by atoms with Gasteiger partial charge in [0.2, 0.25) is 0 Å². The first-order chi connectivity index (χ1) is 10.1. The highest BCUT2D eigenvalue weighted by Crippen LogP contribution is 2.17. The molecule has 4 nitrogen and oxygen atoms in total. The second-order valence-corrected chi connectivity index (χ2v) is 5.57. The van der Waals surface area contributed by atoms with Crippen molar-refractivity contribution >= 4 is 5.91 Å². The lowest BCUT2D eigenvalue weighted by atomic mass is 10.0. The first kappa shape index (κ1) is 15.6. The van der Waals surface area contributed by atoms with E-state index in [9.17, 15) is 4.79 Å². The summed E-state index contributed by atoms with van der Waals surface area (Å²) in [5.41, 5.74) is 6.97. The number of piperidine rings is 1. The lowest BCUT2D eigenvalue weighted by Gasteiger charge is -2.35. The third-order valence-electron chi connectivity index (χ3n) is 3.95. The third-order valence-corrected chi connectivity index (χ3v) is 3.95.